The molecule has 1 rings (SSSR count). The molecule has 0 bridgehead atoms. The van der Waals surface area contributed by atoms with Crippen LogP contribution in [0.2, 0.25) is 0 Å². The van der Waals surface area contributed by atoms with Gasteiger partial charge in [0.05, 0.1) is 6.04 Å². The molecule has 1 unspecified atom stereocenters. The van der Waals surface area contributed by atoms with Gasteiger partial charge in [0, 0.05) is 6.20 Å². The van der Waals surface area contributed by atoms with Crippen LogP contribution in [0.15, 0.2) is 17.1 Å². The smallest absolute Gasteiger partial charge is 0.290 e. The minimum absolute atomic E-state index is 0.112. The molecule has 0 saturated heterocycles. The molecule has 0 aliphatic heterocycles. The molecule has 0 fully saturated rings. The summed E-state index contributed by atoms with van der Waals surface area (Å²) in [4.78, 5) is 11.3. The lowest BCUT2D eigenvalue weighted by atomic mass is 10.3. The van der Waals surface area contributed by atoms with Crippen LogP contribution in [-0.4, -0.2) is 9.78 Å². The maximum Gasteiger partial charge on any atom is 0.290 e. The summed E-state index contributed by atoms with van der Waals surface area (Å²) in [6.45, 7) is 3.94. The number of anilines is 1. The Kier molecular flexibility index (Phi) is 2.47. The molecule has 12 heavy (non-hydrogen) atoms. The lowest BCUT2D eigenvalue weighted by Gasteiger charge is -2.10. The Morgan fingerprint density at radius 2 is 2.42 bits per heavy atom. The van der Waals surface area contributed by atoms with E-state index >= 15 is 0 Å². The molecule has 0 aliphatic carbocycles. The zero-order chi connectivity index (χ0) is 9.14. The van der Waals surface area contributed by atoms with Gasteiger partial charge in [-0.3, -0.25) is 4.79 Å². The van der Waals surface area contributed by atoms with Crippen molar-refractivity contribution >= 4 is 5.69 Å². The molecule has 1 aromatic heterocycles. The normalized spacial score (nSPS) is 12.8. The summed E-state index contributed by atoms with van der Waals surface area (Å²) < 4.78 is 1.41. The molecule has 0 saturated carbocycles. The molecule has 2 N–H and O–H groups in total. The molecule has 0 spiro atoms. The third-order valence-corrected chi connectivity index (χ3v) is 1.91. The first kappa shape index (κ1) is 8.77. The number of aromatic nitrogens is 2. The van der Waals surface area contributed by atoms with E-state index in [1.807, 2.05) is 13.8 Å². The molecular weight excluding hydrogens is 154 g/mol. The quantitative estimate of drug-likeness (QED) is 0.708. The molecule has 1 aromatic rings. The molecule has 0 aromatic carbocycles. The fraction of sp³-hybridized carbons (Fsp3) is 0.500. The van der Waals surface area contributed by atoms with Crippen LogP contribution in [-0.2, 0) is 0 Å². The van der Waals surface area contributed by atoms with E-state index in [0.29, 0.717) is 0 Å². The topological polar surface area (TPSA) is 60.9 Å². The Hall–Kier alpha value is -1.32. The van der Waals surface area contributed by atoms with E-state index in [9.17, 15) is 4.79 Å². The Morgan fingerprint density at radius 3 is 3.00 bits per heavy atom. The van der Waals surface area contributed by atoms with E-state index in [-0.39, 0.29) is 17.3 Å². The lowest BCUT2D eigenvalue weighted by Crippen LogP contribution is -2.27. The largest absolute Gasteiger partial charge is 0.394 e. The van der Waals surface area contributed by atoms with E-state index in [1.165, 1.54) is 10.7 Å². The Morgan fingerprint density at radius 1 is 1.75 bits per heavy atom. The minimum atomic E-state index is -0.202. The summed E-state index contributed by atoms with van der Waals surface area (Å²) in [6, 6.07) is 1.63. The highest BCUT2D eigenvalue weighted by molar-refractivity contribution is 5.31. The van der Waals surface area contributed by atoms with Crippen LogP contribution in [0.5, 0.6) is 0 Å². The average molecular weight is 167 g/mol. The monoisotopic (exact) mass is 167 g/mol. The van der Waals surface area contributed by atoms with Gasteiger partial charge in [0.2, 0.25) is 0 Å². The van der Waals surface area contributed by atoms with Crippen molar-refractivity contribution in [2.24, 2.45) is 0 Å². The predicted molar refractivity (Wildman–Crippen MR) is 47.9 cm³/mol. The van der Waals surface area contributed by atoms with Gasteiger partial charge in [-0.25, -0.2) is 4.68 Å². The Labute approximate surface area is 71.0 Å². The molecule has 0 radical (unpaired) electrons. The van der Waals surface area contributed by atoms with Crippen LogP contribution in [0.3, 0.4) is 0 Å². The summed E-state index contributed by atoms with van der Waals surface area (Å²) in [7, 11) is 0. The fourth-order valence-corrected chi connectivity index (χ4v) is 0.928. The van der Waals surface area contributed by atoms with Crippen molar-refractivity contribution in [3.63, 3.8) is 0 Å². The SMILES string of the molecule is CCC(C)n1nccc(N)c1=O. The summed E-state index contributed by atoms with van der Waals surface area (Å²) >= 11 is 0. The maximum absolute atomic E-state index is 11.3. The van der Waals surface area contributed by atoms with Crippen molar-refractivity contribution in [2.75, 3.05) is 5.73 Å². The van der Waals surface area contributed by atoms with Gasteiger partial charge < -0.3 is 5.73 Å². The second kappa shape index (κ2) is 3.38. The molecular formula is C8H13N3O. The molecule has 1 atom stereocenters. The first-order valence-electron chi connectivity index (χ1n) is 4.00. The van der Waals surface area contributed by atoms with Gasteiger partial charge in [-0.15, -0.1) is 0 Å². The van der Waals surface area contributed by atoms with Gasteiger partial charge in [0.15, 0.2) is 0 Å². The molecule has 0 amide bonds. The minimum Gasteiger partial charge on any atom is -0.394 e. The lowest BCUT2D eigenvalue weighted by molar-refractivity contribution is 0.455. The van der Waals surface area contributed by atoms with E-state index in [4.69, 9.17) is 5.73 Å². The highest BCUT2D eigenvalue weighted by Gasteiger charge is 2.05. The standard InChI is InChI=1S/C8H13N3O/c1-3-6(2)11-8(12)7(9)4-5-10-11/h4-6H,3,9H2,1-2H3. The average Bonchev–Trinajstić information content (AvgIpc) is 2.08. The van der Waals surface area contributed by atoms with Crippen molar-refractivity contribution in [1.29, 1.82) is 0 Å². The molecule has 4 heteroatoms. The van der Waals surface area contributed by atoms with E-state index in [2.05, 4.69) is 5.10 Å². The van der Waals surface area contributed by atoms with E-state index in [1.54, 1.807) is 6.20 Å². The molecule has 0 aliphatic rings. The second-order valence-electron chi connectivity index (χ2n) is 2.79. The van der Waals surface area contributed by atoms with Crippen molar-refractivity contribution in [3.05, 3.63) is 22.6 Å². The molecule has 1 heterocycles. The number of hydrogen-bond acceptors (Lipinski definition) is 3. The molecule has 66 valence electrons. The van der Waals surface area contributed by atoms with Crippen LogP contribution in [0.1, 0.15) is 26.3 Å². The number of hydrogen-bond donors (Lipinski definition) is 1. The second-order valence-corrected chi connectivity index (χ2v) is 2.79. The van der Waals surface area contributed by atoms with Crippen molar-refractivity contribution in [3.8, 4) is 0 Å². The zero-order valence-corrected chi connectivity index (χ0v) is 7.32. The van der Waals surface area contributed by atoms with Crippen LogP contribution >= 0.6 is 0 Å². The predicted octanol–water partition coefficient (Wildman–Crippen LogP) is 0.796. The summed E-state index contributed by atoms with van der Waals surface area (Å²) in [5.41, 5.74) is 5.49. The van der Waals surface area contributed by atoms with Gasteiger partial charge in [-0.1, -0.05) is 6.92 Å². The third-order valence-electron chi connectivity index (χ3n) is 1.91. The first-order chi connectivity index (χ1) is 5.66. The summed E-state index contributed by atoms with van der Waals surface area (Å²) in [5, 5.41) is 3.93. The number of nitrogen functional groups attached to an aromatic ring is 1. The Balaban J connectivity index is 3.17. The van der Waals surface area contributed by atoms with E-state index < -0.39 is 0 Å². The van der Waals surface area contributed by atoms with Crippen LogP contribution in [0.4, 0.5) is 5.69 Å². The summed E-state index contributed by atoms with van der Waals surface area (Å²) in [6.07, 6.45) is 2.42. The number of nitrogens with zero attached hydrogens (tertiary/aromatic N) is 2. The van der Waals surface area contributed by atoms with Crippen LogP contribution < -0.4 is 11.3 Å². The van der Waals surface area contributed by atoms with Gasteiger partial charge >= 0.3 is 0 Å². The van der Waals surface area contributed by atoms with Crippen molar-refractivity contribution in [1.82, 2.24) is 9.78 Å². The summed E-state index contributed by atoms with van der Waals surface area (Å²) in [5.74, 6) is 0. The highest BCUT2D eigenvalue weighted by Crippen LogP contribution is 2.04. The fourth-order valence-electron chi connectivity index (χ4n) is 0.928. The van der Waals surface area contributed by atoms with Gasteiger partial charge in [-0.05, 0) is 19.4 Å². The zero-order valence-electron chi connectivity index (χ0n) is 7.32. The van der Waals surface area contributed by atoms with Gasteiger partial charge in [-0.2, -0.15) is 5.10 Å². The van der Waals surface area contributed by atoms with Crippen LogP contribution in [0, 0.1) is 0 Å². The van der Waals surface area contributed by atoms with Crippen molar-refractivity contribution < 1.29 is 0 Å². The Bertz CT molecular complexity index is 318. The maximum atomic E-state index is 11.3. The van der Waals surface area contributed by atoms with Crippen molar-refractivity contribution in [2.45, 2.75) is 26.3 Å². The number of nitrogens with two attached hydrogens (primary N) is 1. The third kappa shape index (κ3) is 1.47. The van der Waals surface area contributed by atoms with E-state index in [0.717, 1.165) is 6.42 Å². The number of rotatable bonds is 2. The van der Waals surface area contributed by atoms with Gasteiger partial charge in [0.1, 0.15) is 5.69 Å². The highest BCUT2D eigenvalue weighted by atomic mass is 16.1. The van der Waals surface area contributed by atoms with Gasteiger partial charge in [0.25, 0.3) is 5.56 Å². The van der Waals surface area contributed by atoms with Crippen LogP contribution in [0.25, 0.3) is 0 Å². The first-order valence-corrected chi connectivity index (χ1v) is 4.00. The molecule has 4 nitrogen and oxygen atoms in total.